The summed E-state index contributed by atoms with van der Waals surface area (Å²) in [6.07, 6.45) is 0. The van der Waals surface area contributed by atoms with Gasteiger partial charge in [-0.1, -0.05) is 133 Å². The highest BCUT2D eigenvalue weighted by molar-refractivity contribution is 7.25. The van der Waals surface area contributed by atoms with E-state index >= 15 is 0 Å². The molecule has 5 nitrogen and oxygen atoms in total. The van der Waals surface area contributed by atoms with Gasteiger partial charge in [-0.25, -0.2) is 15.0 Å². The Morgan fingerprint density at radius 2 is 0.982 bits per heavy atom. The third kappa shape index (κ3) is 4.98. The normalized spacial score (nSPS) is 11.9. The second kappa shape index (κ2) is 12.6. The van der Waals surface area contributed by atoms with Crippen LogP contribution in [0.25, 0.3) is 115 Å². The molecule has 4 aromatic heterocycles. The first-order chi connectivity index (χ1) is 28.3. The Balaban J connectivity index is 1.16. The van der Waals surface area contributed by atoms with Crippen molar-refractivity contribution in [3.05, 3.63) is 182 Å². The summed E-state index contributed by atoms with van der Waals surface area (Å²) in [5.41, 5.74) is 9.98. The average molecular weight is 747 g/mol. The van der Waals surface area contributed by atoms with Crippen LogP contribution in [-0.4, -0.2) is 19.5 Å². The van der Waals surface area contributed by atoms with Gasteiger partial charge in [0.1, 0.15) is 11.2 Å². The number of fused-ring (bicyclic) bond motifs is 10. The lowest BCUT2D eigenvalue weighted by Crippen LogP contribution is -2.01. The van der Waals surface area contributed by atoms with Gasteiger partial charge >= 0.3 is 0 Å². The van der Waals surface area contributed by atoms with E-state index in [1.54, 1.807) is 11.3 Å². The molecule has 4 heterocycles. The number of furan rings is 1. The molecule has 0 radical (unpaired) electrons. The number of nitrogens with zero attached hydrogens (tertiary/aromatic N) is 4. The van der Waals surface area contributed by atoms with Gasteiger partial charge in [-0.2, -0.15) is 0 Å². The zero-order chi connectivity index (χ0) is 37.5. The van der Waals surface area contributed by atoms with Crippen LogP contribution >= 0.6 is 11.3 Å². The summed E-state index contributed by atoms with van der Waals surface area (Å²) in [7, 11) is 0. The van der Waals surface area contributed by atoms with E-state index in [1.165, 1.54) is 20.2 Å². The highest BCUT2D eigenvalue weighted by Gasteiger charge is 2.23. The molecule has 0 saturated heterocycles. The van der Waals surface area contributed by atoms with E-state index in [4.69, 9.17) is 19.4 Å². The van der Waals surface area contributed by atoms with Gasteiger partial charge in [0.05, 0.1) is 16.4 Å². The van der Waals surface area contributed by atoms with Crippen molar-refractivity contribution in [2.45, 2.75) is 0 Å². The second-order valence-corrected chi connectivity index (χ2v) is 15.4. The van der Waals surface area contributed by atoms with E-state index in [0.717, 1.165) is 77.2 Å². The molecule has 0 aliphatic heterocycles. The minimum absolute atomic E-state index is 0.589. The van der Waals surface area contributed by atoms with Gasteiger partial charge in [-0.15, -0.1) is 11.3 Å². The van der Waals surface area contributed by atoms with Gasteiger partial charge in [0.15, 0.2) is 17.5 Å². The minimum atomic E-state index is 0.589. The molecule has 0 bridgehead atoms. The number of para-hydroxylation sites is 2. The molecular formula is C51H30N4OS. The van der Waals surface area contributed by atoms with Gasteiger partial charge in [-0.05, 0) is 59.7 Å². The summed E-state index contributed by atoms with van der Waals surface area (Å²) in [4.78, 5) is 15.9. The molecule has 0 atom stereocenters. The summed E-state index contributed by atoms with van der Waals surface area (Å²) in [6, 6.07) is 63.6. The van der Waals surface area contributed by atoms with Crippen LogP contribution in [0.15, 0.2) is 186 Å². The lowest BCUT2D eigenvalue weighted by Gasteiger charge is -2.11. The molecule has 0 aliphatic carbocycles. The van der Waals surface area contributed by atoms with Crippen molar-refractivity contribution >= 4 is 75.3 Å². The van der Waals surface area contributed by atoms with Crippen LogP contribution in [-0.2, 0) is 0 Å². The molecule has 0 saturated carbocycles. The first kappa shape index (κ1) is 31.9. The second-order valence-electron chi connectivity index (χ2n) is 14.3. The molecule has 0 amide bonds. The smallest absolute Gasteiger partial charge is 0.164 e. The van der Waals surface area contributed by atoms with Crippen molar-refractivity contribution in [2.24, 2.45) is 0 Å². The van der Waals surface area contributed by atoms with Gasteiger partial charge in [0, 0.05) is 58.7 Å². The lowest BCUT2D eigenvalue weighted by atomic mass is 10.0. The molecule has 6 heteroatoms. The van der Waals surface area contributed by atoms with Crippen LogP contribution in [0.3, 0.4) is 0 Å². The van der Waals surface area contributed by atoms with Crippen LogP contribution in [0.1, 0.15) is 0 Å². The highest BCUT2D eigenvalue weighted by atomic mass is 32.1. The van der Waals surface area contributed by atoms with Crippen LogP contribution in [0, 0.1) is 0 Å². The van der Waals surface area contributed by atoms with Crippen molar-refractivity contribution in [3.8, 4) is 51.0 Å². The third-order valence-electron chi connectivity index (χ3n) is 11.1. The zero-order valence-electron chi connectivity index (χ0n) is 30.4. The zero-order valence-corrected chi connectivity index (χ0v) is 31.2. The van der Waals surface area contributed by atoms with Crippen LogP contribution in [0.4, 0.5) is 0 Å². The summed E-state index contributed by atoms with van der Waals surface area (Å²) in [5.74, 6) is 1.83. The molecule has 266 valence electrons. The quantitative estimate of drug-likeness (QED) is 0.176. The monoisotopic (exact) mass is 746 g/mol. The first-order valence-corrected chi connectivity index (χ1v) is 19.8. The van der Waals surface area contributed by atoms with Gasteiger partial charge in [0.25, 0.3) is 0 Å². The predicted molar refractivity (Wildman–Crippen MR) is 236 cm³/mol. The number of benzene rings is 8. The summed E-state index contributed by atoms with van der Waals surface area (Å²) >= 11 is 1.79. The van der Waals surface area contributed by atoms with Crippen molar-refractivity contribution in [2.75, 3.05) is 0 Å². The molecule has 12 aromatic rings. The van der Waals surface area contributed by atoms with Crippen molar-refractivity contribution in [1.82, 2.24) is 19.5 Å². The number of thiophene rings is 1. The molecule has 12 rings (SSSR count). The molecule has 0 unspecified atom stereocenters. The average Bonchev–Trinajstić information content (AvgIpc) is 3.96. The predicted octanol–water partition coefficient (Wildman–Crippen LogP) is 13.9. The molecule has 57 heavy (non-hydrogen) atoms. The molecular weight excluding hydrogens is 717 g/mol. The topological polar surface area (TPSA) is 56.7 Å². The molecule has 0 fully saturated rings. The fraction of sp³-hybridized carbons (Fsp3) is 0. The van der Waals surface area contributed by atoms with Crippen LogP contribution in [0.2, 0.25) is 0 Å². The van der Waals surface area contributed by atoms with Crippen LogP contribution in [0.5, 0.6) is 0 Å². The number of rotatable bonds is 5. The van der Waals surface area contributed by atoms with Crippen molar-refractivity contribution in [3.63, 3.8) is 0 Å². The van der Waals surface area contributed by atoms with E-state index < -0.39 is 0 Å². The van der Waals surface area contributed by atoms with Gasteiger partial charge in [0.2, 0.25) is 0 Å². The third-order valence-corrected chi connectivity index (χ3v) is 12.2. The Morgan fingerprint density at radius 1 is 0.386 bits per heavy atom. The van der Waals surface area contributed by atoms with E-state index in [1.807, 2.05) is 18.2 Å². The number of hydrogen-bond acceptors (Lipinski definition) is 5. The van der Waals surface area contributed by atoms with Crippen LogP contribution < -0.4 is 0 Å². The SMILES string of the molecule is c1ccc(-c2ccc(-c3nc(-c4cccc5sc6ccccc6c45)nc(-c4cccc5oc6ccc7c8ccccc8n(-c8ccccc8)c7c6c45)n3)cc2)cc1. The van der Waals surface area contributed by atoms with E-state index in [2.05, 4.69) is 168 Å². The highest BCUT2D eigenvalue weighted by Crippen LogP contribution is 2.45. The molecule has 8 aromatic carbocycles. The summed E-state index contributed by atoms with van der Waals surface area (Å²) < 4.78 is 11.5. The Hall–Kier alpha value is -7.41. The van der Waals surface area contributed by atoms with E-state index in [9.17, 15) is 0 Å². The molecule has 0 spiro atoms. The summed E-state index contributed by atoms with van der Waals surface area (Å²) in [5, 5.41) is 6.69. The van der Waals surface area contributed by atoms with Crippen molar-refractivity contribution < 1.29 is 4.42 Å². The standard InChI is InChI=1S/C51H30N4OS/c1-3-13-31(14-4-1)32-25-27-33(28-26-32)49-52-50(38-20-12-24-44-45(38)37-18-8-10-23-43(37)57-44)54-51(53-49)39-19-11-22-41-46(39)47-42(56-41)30-29-36-35-17-7-9-21-40(35)55(48(36)47)34-15-5-2-6-16-34/h1-30H. The fourth-order valence-corrected chi connectivity index (χ4v) is 9.67. The molecule has 0 N–H and O–H groups in total. The lowest BCUT2D eigenvalue weighted by molar-refractivity contribution is 0.669. The number of hydrogen-bond donors (Lipinski definition) is 0. The maximum absolute atomic E-state index is 6.71. The van der Waals surface area contributed by atoms with Gasteiger partial charge < -0.3 is 8.98 Å². The first-order valence-electron chi connectivity index (χ1n) is 19.0. The Bertz CT molecular complexity index is 3510. The Kier molecular flexibility index (Phi) is 7.03. The number of aromatic nitrogens is 4. The van der Waals surface area contributed by atoms with E-state index in [0.29, 0.717) is 17.5 Å². The van der Waals surface area contributed by atoms with Gasteiger partial charge in [-0.3, -0.25) is 0 Å². The summed E-state index contributed by atoms with van der Waals surface area (Å²) in [6.45, 7) is 0. The minimum Gasteiger partial charge on any atom is -0.456 e. The Labute approximate surface area is 330 Å². The maximum atomic E-state index is 6.71. The Morgan fingerprint density at radius 3 is 1.79 bits per heavy atom. The van der Waals surface area contributed by atoms with E-state index in [-0.39, 0.29) is 0 Å². The van der Waals surface area contributed by atoms with Crippen molar-refractivity contribution in [1.29, 1.82) is 0 Å². The largest absolute Gasteiger partial charge is 0.456 e. The maximum Gasteiger partial charge on any atom is 0.164 e. The fourth-order valence-electron chi connectivity index (χ4n) is 8.54. The molecule has 0 aliphatic rings.